The van der Waals surface area contributed by atoms with Crippen LogP contribution >= 0.6 is 15.8 Å². The van der Waals surface area contributed by atoms with E-state index in [1.165, 1.54) is 23.5 Å². The first-order chi connectivity index (χ1) is 12.7. The Bertz CT molecular complexity index is 614. The Kier molecular flexibility index (Phi) is 8.33. The van der Waals surface area contributed by atoms with Gasteiger partial charge in [0.2, 0.25) is 0 Å². The Morgan fingerprint density at radius 1 is 0.517 bits per heavy atom. The lowest BCUT2D eigenvalue weighted by Crippen LogP contribution is -2.27. The van der Waals surface area contributed by atoms with Crippen LogP contribution in [0, 0.1) is 20.8 Å². The summed E-state index contributed by atoms with van der Waals surface area (Å²) in [5.74, 6) is 0. The third kappa shape index (κ3) is 7.04. The van der Waals surface area contributed by atoms with Crippen LogP contribution in [0.1, 0.15) is 111 Å². The molecule has 0 bridgehead atoms. The average Bonchev–Trinajstić information content (AvgIpc) is 2.40. The van der Waals surface area contributed by atoms with E-state index in [0.717, 1.165) is 0 Å². The Labute approximate surface area is 186 Å². The van der Waals surface area contributed by atoms with Crippen LogP contribution in [0.3, 0.4) is 0 Å². The maximum absolute atomic E-state index is 2.48. The lowest BCUT2D eigenvalue weighted by molar-refractivity contribution is 0.701. The molecule has 168 valence electrons. The molecule has 0 aliphatic heterocycles. The summed E-state index contributed by atoms with van der Waals surface area (Å²) in [7, 11) is -0.267. The van der Waals surface area contributed by atoms with E-state index >= 15 is 0 Å². The van der Waals surface area contributed by atoms with Gasteiger partial charge in [-0.05, 0) is 81.5 Å². The summed E-state index contributed by atoms with van der Waals surface area (Å²) in [5.41, 5.74) is 7.87. The fourth-order valence-corrected chi connectivity index (χ4v) is 12.6. The predicted octanol–water partition coefficient (Wildman–Crippen LogP) is 9.77. The van der Waals surface area contributed by atoms with Crippen LogP contribution in [0.4, 0.5) is 0 Å². The van der Waals surface area contributed by atoms with Gasteiger partial charge >= 0.3 is 0 Å². The molecule has 1 aromatic carbocycles. The molecule has 29 heavy (non-hydrogen) atoms. The van der Waals surface area contributed by atoms with Gasteiger partial charge in [0.1, 0.15) is 0 Å². The molecule has 0 fully saturated rings. The van der Waals surface area contributed by atoms with Gasteiger partial charge in [0.15, 0.2) is 0 Å². The molecular weight excluding hydrogens is 386 g/mol. The molecule has 0 aliphatic rings. The minimum absolute atomic E-state index is 0.134. The van der Waals surface area contributed by atoms with Crippen molar-refractivity contribution in [3.8, 4) is 0 Å². The highest BCUT2D eigenvalue weighted by molar-refractivity contribution is 7.60. The van der Waals surface area contributed by atoms with Gasteiger partial charge in [-0.2, -0.15) is 0 Å². The fraction of sp³-hybridized carbons (Fsp3) is 0.778. The second-order valence-corrected chi connectivity index (χ2v) is 20.7. The third-order valence-electron chi connectivity index (χ3n) is 6.16. The normalized spacial score (nSPS) is 14.2. The molecule has 0 unspecified atom stereocenters. The standard InChI is InChI=1S/C27H50P2/c1-19-16-20(2)23(18-29(26(10,11)12)27(13,14)15)21(3)22(19)17-28(24(4,5)6)25(7,8)9/h16H,17-18H2,1-15H3. The maximum Gasteiger partial charge on any atom is -0.00583 e. The van der Waals surface area contributed by atoms with E-state index in [9.17, 15) is 0 Å². The smallest absolute Gasteiger partial charge is 0.00583 e. The molecule has 0 nitrogen and oxygen atoms in total. The molecule has 0 aromatic heterocycles. The summed E-state index contributed by atoms with van der Waals surface area (Å²) in [6, 6.07) is 2.48. The molecule has 2 heteroatoms. The zero-order chi connectivity index (χ0) is 23.2. The first-order valence-corrected chi connectivity index (χ1v) is 14.4. The van der Waals surface area contributed by atoms with Gasteiger partial charge in [0, 0.05) is 0 Å². The van der Waals surface area contributed by atoms with Crippen molar-refractivity contribution in [2.24, 2.45) is 0 Å². The van der Waals surface area contributed by atoms with Gasteiger partial charge in [0.05, 0.1) is 0 Å². The van der Waals surface area contributed by atoms with Gasteiger partial charge in [-0.1, -0.05) is 105 Å². The zero-order valence-corrected chi connectivity index (χ0v) is 24.2. The highest BCUT2D eigenvalue weighted by Gasteiger charge is 2.37. The van der Waals surface area contributed by atoms with Crippen LogP contribution in [-0.4, -0.2) is 20.6 Å². The molecule has 0 atom stereocenters. The average molecular weight is 437 g/mol. The van der Waals surface area contributed by atoms with E-state index in [-0.39, 0.29) is 15.8 Å². The Hall–Kier alpha value is 0.0800. The predicted molar refractivity (Wildman–Crippen MR) is 141 cm³/mol. The number of benzene rings is 1. The van der Waals surface area contributed by atoms with Crippen LogP contribution < -0.4 is 0 Å². The minimum atomic E-state index is -0.134. The van der Waals surface area contributed by atoms with Crippen molar-refractivity contribution < 1.29 is 0 Å². The van der Waals surface area contributed by atoms with Crippen LogP contribution in [0.25, 0.3) is 0 Å². The lowest BCUT2D eigenvalue weighted by atomic mass is 9.95. The number of hydrogen-bond donors (Lipinski definition) is 0. The quantitative estimate of drug-likeness (QED) is 0.412. The summed E-state index contributed by atoms with van der Waals surface area (Å²) < 4.78 is 0. The molecule has 0 radical (unpaired) electrons. The SMILES string of the molecule is Cc1cc(C)c(CP(C(C)(C)C)C(C)(C)C)c(C)c1CP(C(C)(C)C)C(C)(C)C. The topological polar surface area (TPSA) is 0 Å². The number of rotatable bonds is 4. The highest BCUT2D eigenvalue weighted by Crippen LogP contribution is 2.63. The van der Waals surface area contributed by atoms with Gasteiger partial charge in [-0.15, -0.1) is 0 Å². The van der Waals surface area contributed by atoms with Crippen LogP contribution in [0.15, 0.2) is 6.07 Å². The van der Waals surface area contributed by atoms with Crippen molar-refractivity contribution in [2.75, 3.05) is 0 Å². The molecule has 1 aromatic rings. The summed E-state index contributed by atoms with van der Waals surface area (Å²) >= 11 is 0. The van der Waals surface area contributed by atoms with E-state index in [4.69, 9.17) is 0 Å². The Morgan fingerprint density at radius 2 is 0.759 bits per heavy atom. The largest absolute Gasteiger partial charge is 0.0911 e. The summed E-state index contributed by atoms with van der Waals surface area (Å²) in [6.07, 6.45) is 2.49. The highest BCUT2D eigenvalue weighted by atomic mass is 31.1. The van der Waals surface area contributed by atoms with Crippen molar-refractivity contribution >= 4 is 15.8 Å². The third-order valence-corrected chi connectivity index (χ3v) is 13.9. The van der Waals surface area contributed by atoms with Gasteiger partial charge in [-0.25, -0.2) is 0 Å². The van der Waals surface area contributed by atoms with E-state index in [0.29, 0.717) is 20.6 Å². The van der Waals surface area contributed by atoms with Crippen molar-refractivity contribution in [1.82, 2.24) is 0 Å². The van der Waals surface area contributed by atoms with Crippen LogP contribution in [0.2, 0.25) is 0 Å². The minimum Gasteiger partial charge on any atom is -0.0911 e. The number of aryl methyl sites for hydroxylation is 2. The van der Waals surface area contributed by atoms with E-state index in [1.807, 2.05) is 0 Å². The molecule has 0 spiro atoms. The number of hydrogen-bond acceptors (Lipinski definition) is 0. The lowest BCUT2D eigenvalue weighted by Gasteiger charge is -2.43. The summed E-state index contributed by atoms with van der Waals surface area (Å²) in [6.45, 7) is 36.5. The summed E-state index contributed by atoms with van der Waals surface area (Å²) in [4.78, 5) is 0. The van der Waals surface area contributed by atoms with Crippen molar-refractivity contribution in [1.29, 1.82) is 0 Å². The molecule has 0 aliphatic carbocycles. The van der Waals surface area contributed by atoms with Crippen molar-refractivity contribution in [3.05, 3.63) is 33.9 Å². The van der Waals surface area contributed by atoms with Crippen LogP contribution in [-0.2, 0) is 12.3 Å². The second-order valence-electron chi connectivity index (χ2n) is 12.9. The Morgan fingerprint density at radius 3 is 0.966 bits per heavy atom. The molecular formula is C27H50P2. The fourth-order valence-electron chi connectivity index (χ4n) is 5.04. The molecule has 0 heterocycles. The van der Waals surface area contributed by atoms with Crippen LogP contribution in [0.5, 0.6) is 0 Å². The summed E-state index contributed by atoms with van der Waals surface area (Å²) in [5, 5.41) is 1.45. The molecule has 0 N–H and O–H groups in total. The van der Waals surface area contributed by atoms with Gasteiger partial charge in [0.25, 0.3) is 0 Å². The van der Waals surface area contributed by atoms with Gasteiger partial charge in [-0.3, -0.25) is 0 Å². The molecule has 0 saturated carbocycles. The van der Waals surface area contributed by atoms with E-state index in [1.54, 1.807) is 16.7 Å². The van der Waals surface area contributed by atoms with Crippen molar-refractivity contribution in [2.45, 2.75) is 137 Å². The first-order valence-electron chi connectivity index (χ1n) is 11.3. The first kappa shape index (κ1) is 27.1. The Balaban J connectivity index is 3.53. The van der Waals surface area contributed by atoms with E-state index < -0.39 is 0 Å². The second kappa shape index (κ2) is 8.91. The van der Waals surface area contributed by atoms with Gasteiger partial charge < -0.3 is 0 Å². The molecule has 1 rings (SSSR count). The van der Waals surface area contributed by atoms with Crippen molar-refractivity contribution in [3.63, 3.8) is 0 Å². The maximum atomic E-state index is 2.48. The monoisotopic (exact) mass is 436 g/mol. The zero-order valence-electron chi connectivity index (χ0n) is 22.4. The molecule has 0 saturated heterocycles. The van der Waals surface area contributed by atoms with E-state index in [2.05, 4.69) is 110 Å². The molecule has 0 amide bonds.